The van der Waals surface area contributed by atoms with Crippen LogP contribution < -0.4 is 15.4 Å². The Morgan fingerprint density at radius 2 is 1.93 bits per heavy atom. The van der Waals surface area contributed by atoms with E-state index in [4.69, 9.17) is 10.5 Å². The van der Waals surface area contributed by atoms with Crippen LogP contribution in [0.4, 0.5) is 15.3 Å². The summed E-state index contributed by atoms with van der Waals surface area (Å²) in [6.45, 7) is 1.82. The van der Waals surface area contributed by atoms with Gasteiger partial charge in [0.2, 0.25) is 0 Å². The van der Waals surface area contributed by atoms with E-state index in [0.29, 0.717) is 11.4 Å². The van der Waals surface area contributed by atoms with Gasteiger partial charge in [0.15, 0.2) is 0 Å². The van der Waals surface area contributed by atoms with E-state index in [0.717, 1.165) is 10.5 Å². The minimum atomic E-state index is -1.12. The molecule has 2 aliphatic rings. The number of imide groups is 1. The summed E-state index contributed by atoms with van der Waals surface area (Å²) in [6, 6.07) is 12.2. The maximum Gasteiger partial charge on any atom is 0.335 e. The van der Waals surface area contributed by atoms with Gasteiger partial charge in [0.25, 0.3) is 0 Å². The summed E-state index contributed by atoms with van der Waals surface area (Å²) in [5, 5.41) is 9.30. The number of carbonyl (C=O) groups is 3. The lowest BCUT2D eigenvalue weighted by molar-refractivity contribution is 0.0696. The van der Waals surface area contributed by atoms with Crippen molar-refractivity contribution in [2.75, 3.05) is 11.4 Å². The Labute approximate surface area is 154 Å². The Morgan fingerprint density at radius 1 is 1.22 bits per heavy atom. The second-order valence-corrected chi connectivity index (χ2v) is 6.80. The number of primary amides is 1. The van der Waals surface area contributed by atoms with Crippen LogP contribution in [0.15, 0.2) is 48.5 Å². The van der Waals surface area contributed by atoms with Crippen LogP contribution >= 0.6 is 0 Å². The normalized spacial score (nSPS) is 23.4. The molecular formula is C19H17N3O5. The van der Waals surface area contributed by atoms with Gasteiger partial charge < -0.3 is 15.6 Å². The van der Waals surface area contributed by atoms with Crippen molar-refractivity contribution in [3.63, 3.8) is 0 Å². The van der Waals surface area contributed by atoms with Crippen LogP contribution in [0.2, 0.25) is 0 Å². The van der Waals surface area contributed by atoms with Crippen LogP contribution in [0.1, 0.15) is 28.9 Å². The highest BCUT2D eigenvalue weighted by Crippen LogP contribution is 2.50. The number of amides is 4. The van der Waals surface area contributed by atoms with Gasteiger partial charge in [-0.3, -0.25) is 4.90 Å². The molecule has 2 atom stereocenters. The van der Waals surface area contributed by atoms with Crippen LogP contribution in [-0.2, 0) is 0 Å². The summed E-state index contributed by atoms with van der Waals surface area (Å²) in [5.74, 6) is -0.755. The van der Waals surface area contributed by atoms with Gasteiger partial charge >= 0.3 is 18.0 Å². The van der Waals surface area contributed by atoms with Gasteiger partial charge in [0, 0.05) is 0 Å². The minimum absolute atomic E-state index is 0.0168. The van der Waals surface area contributed by atoms with Gasteiger partial charge in [-0.2, -0.15) is 0 Å². The summed E-state index contributed by atoms with van der Waals surface area (Å²) in [4.78, 5) is 38.5. The van der Waals surface area contributed by atoms with Crippen molar-refractivity contribution in [1.82, 2.24) is 4.90 Å². The lowest BCUT2D eigenvalue weighted by Crippen LogP contribution is -2.54. The molecule has 2 aliphatic heterocycles. The average Bonchev–Trinajstić information content (AvgIpc) is 2.93. The third-order valence-corrected chi connectivity index (χ3v) is 5.04. The summed E-state index contributed by atoms with van der Waals surface area (Å²) in [7, 11) is 0. The maximum atomic E-state index is 13.0. The smallest absolute Gasteiger partial charge is 0.335 e. The van der Waals surface area contributed by atoms with E-state index in [1.807, 2.05) is 30.3 Å². The van der Waals surface area contributed by atoms with Crippen LogP contribution in [0.3, 0.4) is 0 Å². The van der Waals surface area contributed by atoms with Gasteiger partial charge in [0.1, 0.15) is 17.4 Å². The lowest BCUT2D eigenvalue weighted by Gasteiger charge is -2.45. The largest absolute Gasteiger partial charge is 0.481 e. The predicted octanol–water partition coefficient (Wildman–Crippen LogP) is 2.60. The molecule has 2 aromatic rings. The number of fused-ring (bicyclic) bond motifs is 3. The van der Waals surface area contributed by atoms with Gasteiger partial charge in [-0.15, -0.1) is 0 Å². The van der Waals surface area contributed by atoms with Crippen molar-refractivity contribution >= 4 is 23.7 Å². The van der Waals surface area contributed by atoms with Crippen LogP contribution in [0.25, 0.3) is 0 Å². The van der Waals surface area contributed by atoms with Crippen molar-refractivity contribution < 1.29 is 24.2 Å². The first-order valence-electron chi connectivity index (χ1n) is 8.33. The van der Waals surface area contributed by atoms with Gasteiger partial charge in [-0.25, -0.2) is 19.3 Å². The van der Waals surface area contributed by atoms with E-state index in [9.17, 15) is 19.5 Å². The molecule has 0 aliphatic carbocycles. The SMILES string of the molecule is CC12CN(C(N)=O)C(=O)N1c1cc(C(=O)O)ccc1OC2c1ccccc1. The Morgan fingerprint density at radius 3 is 2.56 bits per heavy atom. The first-order chi connectivity index (χ1) is 12.8. The lowest BCUT2D eigenvalue weighted by atomic mass is 9.86. The van der Waals surface area contributed by atoms with E-state index < -0.39 is 29.7 Å². The molecule has 8 nitrogen and oxygen atoms in total. The molecule has 2 unspecified atom stereocenters. The molecule has 8 heteroatoms. The van der Waals surface area contributed by atoms with Crippen LogP contribution in [0, 0.1) is 0 Å². The molecule has 1 saturated heterocycles. The number of urea groups is 2. The third-order valence-electron chi connectivity index (χ3n) is 5.04. The number of hydrogen-bond acceptors (Lipinski definition) is 4. The summed E-state index contributed by atoms with van der Waals surface area (Å²) in [5.41, 5.74) is 5.59. The number of aromatic carboxylic acids is 1. The molecular weight excluding hydrogens is 350 g/mol. The number of anilines is 1. The number of rotatable bonds is 2. The van der Waals surface area contributed by atoms with E-state index in [1.165, 1.54) is 23.1 Å². The molecule has 138 valence electrons. The standard InChI is InChI=1S/C19H17N3O5/c1-19-10-21(17(20)25)18(26)22(19)13-9-12(16(23)24)7-8-14(13)27-15(19)11-5-3-2-4-6-11/h2-9,15H,10H2,1H3,(H2,20,25)(H,23,24). The Hall–Kier alpha value is -3.55. The van der Waals surface area contributed by atoms with Gasteiger partial charge in [-0.1, -0.05) is 30.3 Å². The van der Waals surface area contributed by atoms with Gasteiger partial charge in [0.05, 0.1) is 17.8 Å². The highest BCUT2D eigenvalue weighted by Gasteiger charge is 2.58. The van der Waals surface area contributed by atoms with Crippen molar-refractivity contribution in [2.45, 2.75) is 18.6 Å². The summed E-state index contributed by atoms with van der Waals surface area (Å²) >= 11 is 0. The second-order valence-electron chi connectivity index (χ2n) is 6.80. The molecule has 3 N–H and O–H groups in total. The highest BCUT2D eigenvalue weighted by molar-refractivity contribution is 6.07. The number of carbonyl (C=O) groups excluding carboxylic acids is 2. The zero-order chi connectivity index (χ0) is 19.3. The molecule has 0 aromatic heterocycles. The fraction of sp³-hybridized carbons (Fsp3) is 0.211. The molecule has 0 radical (unpaired) electrons. The topological polar surface area (TPSA) is 113 Å². The number of benzene rings is 2. The number of carboxylic acid groups (broad SMARTS) is 1. The number of carboxylic acids is 1. The van der Waals surface area contributed by atoms with Gasteiger partial charge in [-0.05, 0) is 30.7 Å². The predicted molar refractivity (Wildman–Crippen MR) is 95.8 cm³/mol. The zero-order valence-corrected chi connectivity index (χ0v) is 14.5. The minimum Gasteiger partial charge on any atom is -0.481 e. The molecule has 2 aromatic carbocycles. The van der Waals surface area contributed by atoms with Crippen molar-refractivity contribution in [3.8, 4) is 5.75 Å². The summed E-state index contributed by atoms with van der Waals surface area (Å²) < 4.78 is 6.18. The van der Waals surface area contributed by atoms with E-state index >= 15 is 0 Å². The quantitative estimate of drug-likeness (QED) is 0.847. The van der Waals surface area contributed by atoms with E-state index in [-0.39, 0.29) is 12.1 Å². The van der Waals surface area contributed by atoms with Crippen molar-refractivity contribution in [1.29, 1.82) is 0 Å². The third kappa shape index (κ3) is 2.41. The van der Waals surface area contributed by atoms with E-state index in [2.05, 4.69) is 0 Å². The Kier molecular flexibility index (Phi) is 3.59. The fourth-order valence-corrected chi connectivity index (χ4v) is 3.78. The molecule has 0 saturated carbocycles. The Bertz CT molecular complexity index is 961. The molecule has 2 heterocycles. The maximum absolute atomic E-state index is 13.0. The molecule has 0 bridgehead atoms. The molecule has 27 heavy (non-hydrogen) atoms. The van der Waals surface area contributed by atoms with Crippen LogP contribution in [-0.4, -0.2) is 40.1 Å². The average molecular weight is 367 g/mol. The van der Waals surface area contributed by atoms with Crippen molar-refractivity contribution in [2.24, 2.45) is 5.73 Å². The molecule has 4 amide bonds. The van der Waals surface area contributed by atoms with E-state index in [1.54, 1.807) is 6.92 Å². The highest BCUT2D eigenvalue weighted by atomic mass is 16.5. The molecule has 4 rings (SSSR count). The number of nitrogens with zero attached hydrogens (tertiary/aromatic N) is 2. The fourth-order valence-electron chi connectivity index (χ4n) is 3.78. The molecule has 0 spiro atoms. The number of nitrogens with two attached hydrogens (primary N) is 1. The van der Waals surface area contributed by atoms with Crippen molar-refractivity contribution in [3.05, 3.63) is 59.7 Å². The first-order valence-corrected chi connectivity index (χ1v) is 8.33. The second kappa shape index (κ2) is 5.73. The first kappa shape index (κ1) is 16.9. The summed E-state index contributed by atoms with van der Waals surface area (Å²) in [6.07, 6.45) is -0.560. The molecule has 1 fully saturated rings. The number of hydrogen-bond donors (Lipinski definition) is 2. The number of ether oxygens (including phenoxy) is 1. The van der Waals surface area contributed by atoms with Crippen LogP contribution in [0.5, 0.6) is 5.75 Å². The monoisotopic (exact) mass is 367 g/mol. The zero-order valence-electron chi connectivity index (χ0n) is 14.5. The Balaban J connectivity index is 1.92.